The van der Waals surface area contributed by atoms with Gasteiger partial charge in [-0.1, -0.05) is 53.6 Å². The van der Waals surface area contributed by atoms with Crippen LogP contribution in [0.2, 0.25) is 5.15 Å². The van der Waals surface area contributed by atoms with E-state index in [1.165, 1.54) is 5.56 Å². The third-order valence-electron chi connectivity index (χ3n) is 6.39. The van der Waals surface area contributed by atoms with Crippen LogP contribution in [0.15, 0.2) is 48.5 Å². The standard InChI is InChI=1S/C26H27ClN4O4/c1-17-7-9-19(10-8-17)15-31-24(27)23(18(2)28-31)26(33)30-13-11-29(12-14-30)25(32)22-16-34-20-5-3-4-6-21(20)35-22/h3-10,22H,11-16H2,1-2H3/t22-/m1/s1. The fourth-order valence-corrected chi connectivity index (χ4v) is 4.72. The van der Waals surface area contributed by atoms with E-state index >= 15 is 0 Å². The molecule has 3 heterocycles. The fourth-order valence-electron chi connectivity index (χ4n) is 4.40. The first-order valence-electron chi connectivity index (χ1n) is 11.7. The summed E-state index contributed by atoms with van der Waals surface area (Å²) in [5.41, 5.74) is 3.25. The highest BCUT2D eigenvalue weighted by atomic mass is 35.5. The summed E-state index contributed by atoms with van der Waals surface area (Å²) in [5, 5.41) is 4.84. The van der Waals surface area contributed by atoms with Gasteiger partial charge in [0.05, 0.1) is 17.8 Å². The molecular weight excluding hydrogens is 468 g/mol. The zero-order valence-corrected chi connectivity index (χ0v) is 20.5. The molecule has 2 aromatic carbocycles. The van der Waals surface area contributed by atoms with Crippen LogP contribution in [-0.2, 0) is 11.3 Å². The van der Waals surface area contributed by atoms with Gasteiger partial charge in [0.2, 0.25) is 6.10 Å². The average Bonchev–Trinajstić information content (AvgIpc) is 3.16. The molecule has 5 rings (SSSR count). The lowest BCUT2D eigenvalue weighted by molar-refractivity contribution is -0.142. The molecule has 0 unspecified atom stereocenters. The van der Waals surface area contributed by atoms with Crippen LogP contribution in [0, 0.1) is 13.8 Å². The molecule has 0 spiro atoms. The van der Waals surface area contributed by atoms with Crippen LogP contribution in [0.3, 0.4) is 0 Å². The molecule has 3 aromatic rings. The molecule has 1 fully saturated rings. The van der Waals surface area contributed by atoms with Gasteiger partial charge in [-0.3, -0.25) is 9.59 Å². The molecule has 1 atom stereocenters. The number of aryl methyl sites for hydroxylation is 2. The maximum atomic E-state index is 13.3. The number of fused-ring (bicyclic) bond motifs is 1. The van der Waals surface area contributed by atoms with Gasteiger partial charge >= 0.3 is 0 Å². The Morgan fingerprint density at radius 2 is 1.63 bits per heavy atom. The summed E-state index contributed by atoms with van der Waals surface area (Å²) in [6, 6.07) is 15.4. The van der Waals surface area contributed by atoms with E-state index in [1.807, 2.05) is 49.4 Å². The van der Waals surface area contributed by atoms with Crippen molar-refractivity contribution in [3.05, 3.63) is 76.1 Å². The normalized spacial score (nSPS) is 17.4. The van der Waals surface area contributed by atoms with Crippen molar-refractivity contribution in [2.24, 2.45) is 0 Å². The molecule has 0 N–H and O–H groups in total. The number of aromatic nitrogens is 2. The van der Waals surface area contributed by atoms with Crippen LogP contribution in [0.25, 0.3) is 0 Å². The molecule has 2 amide bonds. The minimum Gasteiger partial charge on any atom is -0.485 e. The number of piperazine rings is 1. The van der Waals surface area contributed by atoms with E-state index in [0.29, 0.717) is 60.6 Å². The van der Waals surface area contributed by atoms with E-state index in [2.05, 4.69) is 5.10 Å². The number of carbonyl (C=O) groups is 2. The van der Waals surface area contributed by atoms with Crippen molar-refractivity contribution in [1.29, 1.82) is 0 Å². The van der Waals surface area contributed by atoms with Gasteiger partial charge in [-0.25, -0.2) is 4.68 Å². The van der Waals surface area contributed by atoms with Crippen LogP contribution in [0.5, 0.6) is 11.5 Å². The minimum absolute atomic E-state index is 0.133. The summed E-state index contributed by atoms with van der Waals surface area (Å²) < 4.78 is 13.2. The molecule has 182 valence electrons. The number of nitrogens with zero attached hydrogens (tertiary/aromatic N) is 4. The molecule has 8 nitrogen and oxygen atoms in total. The number of ether oxygens (including phenoxy) is 2. The quantitative estimate of drug-likeness (QED) is 0.556. The summed E-state index contributed by atoms with van der Waals surface area (Å²) >= 11 is 6.60. The smallest absolute Gasteiger partial charge is 0.267 e. The summed E-state index contributed by atoms with van der Waals surface area (Å²) in [6.45, 7) is 6.14. The van der Waals surface area contributed by atoms with Crippen molar-refractivity contribution in [2.75, 3.05) is 32.8 Å². The maximum absolute atomic E-state index is 13.3. The highest BCUT2D eigenvalue weighted by molar-refractivity contribution is 6.33. The lowest BCUT2D eigenvalue weighted by Crippen LogP contribution is -2.55. The van der Waals surface area contributed by atoms with Crippen molar-refractivity contribution < 1.29 is 19.1 Å². The van der Waals surface area contributed by atoms with E-state index < -0.39 is 6.10 Å². The van der Waals surface area contributed by atoms with Gasteiger partial charge in [-0.05, 0) is 31.5 Å². The van der Waals surface area contributed by atoms with E-state index in [9.17, 15) is 9.59 Å². The third kappa shape index (κ3) is 4.71. The van der Waals surface area contributed by atoms with Crippen molar-refractivity contribution in [1.82, 2.24) is 19.6 Å². The summed E-state index contributed by atoms with van der Waals surface area (Å²) in [5.74, 6) is 0.911. The third-order valence-corrected chi connectivity index (χ3v) is 6.78. The molecule has 0 radical (unpaired) electrons. The molecule has 35 heavy (non-hydrogen) atoms. The highest BCUT2D eigenvalue weighted by Crippen LogP contribution is 2.31. The first kappa shape index (κ1) is 23.2. The van der Waals surface area contributed by atoms with E-state index in [1.54, 1.807) is 27.5 Å². The SMILES string of the molecule is Cc1ccc(Cn2nc(C)c(C(=O)N3CCN(C(=O)[C@H]4COc5ccccc5O4)CC3)c2Cl)cc1. The Bertz CT molecular complexity index is 1250. The number of amides is 2. The predicted octanol–water partition coefficient (Wildman–Crippen LogP) is 3.33. The molecule has 0 saturated carbocycles. The number of carbonyl (C=O) groups excluding carboxylic acids is 2. The number of halogens is 1. The second kappa shape index (κ2) is 9.62. The van der Waals surface area contributed by atoms with Gasteiger partial charge in [0.15, 0.2) is 11.5 Å². The van der Waals surface area contributed by atoms with E-state index in [4.69, 9.17) is 21.1 Å². The summed E-state index contributed by atoms with van der Waals surface area (Å²) in [7, 11) is 0. The molecule has 9 heteroatoms. The van der Waals surface area contributed by atoms with Gasteiger partial charge < -0.3 is 19.3 Å². The van der Waals surface area contributed by atoms with Gasteiger partial charge in [-0.2, -0.15) is 5.10 Å². The molecule has 2 aliphatic rings. The Kier molecular flexibility index (Phi) is 6.38. The van der Waals surface area contributed by atoms with E-state index in [-0.39, 0.29) is 18.4 Å². The summed E-state index contributed by atoms with van der Waals surface area (Å²) in [4.78, 5) is 29.8. The molecule has 1 aromatic heterocycles. The van der Waals surface area contributed by atoms with Gasteiger partial charge in [0, 0.05) is 26.2 Å². The van der Waals surface area contributed by atoms with Crippen molar-refractivity contribution in [3.63, 3.8) is 0 Å². The lowest BCUT2D eigenvalue weighted by atomic mass is 10.1. The zero-order valence-electron chi connectivity index (χ0n) is 19.7. The topological polar surface area (TPSA) is 76.9 Å². The zero-order chi connectivity index (χ0) is 24.5. The van der Waals surface area contributed by atoms with Gasteiger partial charge in [0.25, 0.3) is 11.8 Å². The number of rotatable bonds is 4. The Hall–Kier alpha value is -3.52. The van der Waals surface area contributed by atoms with Crippen LogP contribution in [-0.4, -0.2) is 70.3 Å². The van der Waals surface area contributed by atoms with Crippen molar-refractivity contribution in [3.8, 4) is 11.5 Å². The van der Waals surface area contributed by atoms with Crippen molar-refractivity contribution >= 4 is 23.4 Å². The molecular formula is C26H27ClN4O4. The fraction of sp³-hybridized carbons (Fsp3) is 0.346. The largest absolute Gasteiger partial charge is 0.485 e. The second-order valence-electron chi connectivity index (χ2n) is 8.88. The second-order valence-corrected chi connectivity index (χ2v) is 9.23. The predicted molar refractivity (Wildman–Crippen MR) is 131 cm³/mol. The molecule has 2 aliphatic heterocycles. The highest BCUT2D eigenvalue weighted by Gasteiger charge is 2.34. The van der Waals surface area contributed by atoms with Crippen LogP contribution >= 0.6 is 11.6 Å². The Balaban J connectivity index is 1.21. The van der Waals surface area contributed by atoms with Crippen LogP contribution < -0.4 is 9.47 Å². The summed E-state index contributed by atoms with van der Waals surface area (Å²) in [6.07, 6.45) is -0.691. The van der Waals surface area contributed by atoms with Crippen LogP contribution in [0.1, 0.15) is 27.2 Å². The Morgan fingerprint density at radius 3 is 2.34 bits per heavy atom. The van der Waals surface area contributed by atoms with Crippen molar-refractivity contribution in [2.45, 2.75) is 26.5 Å². The van der Waals surface area contributed by atoms with Crippen LogP contribution in [0.4, 0.5) is 0 Å². The number of hydrogen-bond acceptors (Lipinski definition) is 5. The van der Waals surface area contributed by atoms with Gasteiger partial charge in [0.1, 0.15) is 11.8 Å². The number of benzene rings is 2. The average molecular weight is 495 g/mol. The first-order chi connectivity index (χ1) is 16.9. The number of hydrogen-bond donors (Lipinski definition) is 0. The Labute approximate surface area is 209 Å². The maximum Gasteiger partial charge on any atom is 0.267 e. The minimum atomic E-state index is -0.691. The van der Waals surface area contributed by atoms with E-state index in [0.717, 1.165) is 5.56 Å². The molecule has 0 aliphatic carbocycles. The number of para-hydroxylation sites is 2. The molecule has 0 bridgehead atoms. The monoisotopic (exact) mass is 494 g/mol. The lowest BCUT2D eigenvalue weighted by Gasteiger charge is -2.37. The first-order valence-corrected chi connectivity index (χ1v) is 12.0. The molecule has 1 saturated heterocycles. The Morgan fingerprint density at radius 1 is 0.971 bits per heavy atom. The van der Waals surface area contributed by atoms with Gasteiger partial charge in [-0.15, -0.1) is 0 Å².